The van der Waals surface area contributed by atoms with Crippen molar-refractivity contribution in [2.75, 3.05) is 19.5 Å². The van der Waals surface area contributed by atoms with Gasteiger partial charge in [-0.25, -0.2) is 9.78 Å². The van der Waals surface area contributed by atoms with E-state index in [-0.39, 0.29) is 18.0 Å². The van der Waals surface area contributed by atoms with Gasteiger partial charge in [-0.05, 0) is 13.0 Å². The van der Waals surface area contributed by atoms with Crippen LogP contribution in [0, 0.1) is 0 Å². The Labute approximate surface area is 81.8 Å². The largest absolute Gasteiger partial charge is 0.481 e. The number of hydrogen-bond donors (Lipinski definition) is 1. The molecule has 0 aliphatic rings. The molecule has 1 heterocycles. The SMILES string of the molecule is CCOC(=O)c1nc(OC)ccc1N. The van der Waals surface area contributed by atoms with Gasteiger partial charge in [0.05, 0.1) is 19.4 Å². The number of rotatable bonds is 3. The van der Waals surface area contributed by atoms with E-state index in [2.05, 4.69) is 4.98 Å². The zero-order chi connectivity index (χ0) is 10.6. The quantitative estimate of drug-likeness (QED) is 0.725. The molecule has 1 aromatic heterocycles. The van der Waals surface area contributed by atoms with Crippen molar-refractivity contribution in [1.82, 2.24) is 4.98 Å². The molecule has 0 unspecified atom stereocenters. The first-order valence-electron chi connectivity index (χ1n) is 4.16. The van der Waals surface area contributed by atoms with E-state index >= 15 is 0 Å². The second kappa shape index (κ2) is 4.45. The first kappa shape index (κ1) is 10.3. The Balaban J connectivity index is 2.99. The van der Waals surface area contributed by atoms with Gasteiger partial charge in [-0.3, -0.25) is 0 Å². The fourth-order valence-electron chi connectivity index (χ4n) is 0.929. The molecule has 0 bridgehead atoms. The predicted molar refractivity (Wildman–Crippen MR) is 51.2 cm³/mol. The molecule has 0 amide bonds. The fraction of sp³-hybridized carbons (Fsp3) is 0.333. The summed E-state index contributed by atoms with van der Waals surface area (Å²) in [6, 6.07) is 3.14. The first-order valence-corrected chi connectivity index (χ1v) is 4.16. The molecule has 1 aromatic rings. The lowest BCUT2D eigenvalue weighted by Gasteiger charge is -2.05. The van der Waals surface area contributed by atoms with Gasteiger partial charge in [0.2, 0.25) is 5.88 Å². The molecule has 2 N–H and O–H groups in total. The van der Waals surface area contributed by atoms with Gasteiger partial charge in [0.1, 0.15) is 0 Å². The van der Waals surface area contributed by atoms with Crippen LogP contribution in [0.2, 0.25) is 0 Å². The Bertz CT molecular complexity index is 339. The van der Waals surface area contributed by atoms with Crippen molar-refractivity contribution in [3.8, 4) is 5.88 Å². The van der Waals surface area contributed by atoms with Crippen LogP contribution in [0.15, 0.2) is 12.1 Å². The van der Waals surface area contributed by atoms with Crippen molar-refractivity contribution in [2.24, 2.45) is 0 Å². The van der Waals surface area contributed by atoms with E-state index in [0.29, 0.717) is 5.88 Å². The van der Waals surface area contributed by atoms with Crippen LogP contribution >= 0.6 is 0 Å². The third kappa shape index (κ3) is 2.12. The molecular formula is C9H12N2O3. The highest BCUT2D eigenvalue weighted by molar-refractivity contribution is 5.92. The zero-order valence-corrected chi connectivity index (χ0v) is 8.11. The average Bonchev–Trinajstić information content (AvgIpc) is 2.19. The number of carbonyl (C=O) groups is 1. The lowest BCUT2D eigenvalue weighted by molar-refractivity contribution is 0.0520. The maximum absolute atomic E-state index is 11.3. The van der Waals surface area contributed by atoms with E-state index in [9.17, 15) is 4.79 Å². The van der Waals surface area contributed by atoms with Crippen LogP contribution in [0.25, 0.3) is 0 Å². The molecule has 1 rings (SSSR count). The van der Waals surface area contributed by atoms with Crippen molar-refractivity contribution in [2.45, 2.75) is 6.92 Å². The number of carbonyl (C=O) groups excluding carboxylic acids is 1. The lowest BCUT2D eigenvalue weighted by Crippen LogP contribution is -2.10. The number of hydrogen-bond acceptors (Lipinski definition) is 5. The van der Waals surface area contributed by atoms with Crippen molar-refractivity contribution in [3.05, 3.63) is 17.8 Å². The van der Waals surface area contributed by atoms with Gasteiger partial charge in [0, 0.05) is 6.07 Å². The minimum absolute atomic E-state index is 0.0891. The molecule has 76 valence electrons. The molecule has 0 spiro atoms. The Morgan fingerprint density at radius 2 is 2.29 bits per heavy atom. The highest BCUT2D eigenvalue weighted by Gasteiger charge is 2.13. The minimum Gasteiger partial charge on any atom is -0.481 e. The van der Waals surface area contributed by atoms with Crippen LogP contribution < -0.4 is 10.5 Å². The third-order valence-electron chi connectivity index (χ3n) is 1.58. The number of methoxy groups -OCH3 is 1. The van der Waals surface area contributed by atoms with Gasteiger partial charge in [0.25, 0.3) is 0 Å². The zero-order valence-electron chi connectivity index (χ0n) is 8.11. The monoisotopic (exact) mass is 196 g/mol. The van der Waals surface area contributed by atoms with Gasteiger partial charge < -0.3 is 15.2 Å². The smallest absolute Gasteiger partial charge is 0.359 e. The molecule has 0 atom stereocenters. The molecule has 0 radical (unpaired) electrons. The van der Waals surface area contributed by atoms with Crippen molar-refractivity contribution < 1.29 is 14.3 Å². The van der Waals surface area contributed by atoms with Crippen LogP contribution in [0.3, 0.4) is 0 Å². The number of nitrogens with zero attached hydrogens (tertiary/aromatic N) is 1. The van der Waals surface area contributed by atoms with E-state index < -0.39 is 5.97 Å². The number of ether oxygens (including phenoxy) is 2. The van der Waals surface area contributed by atoms with Crippen molar-refractivity contribution in [3.63, 3.8) is 0 Å². The Morgan fingerprint density at radius 1 is 1.57 bits per heavy atom. The van der Waals surface area contributed by atoms with Gasteiger partial charge in [-0.2, -0.15) is 0 Å². The Morgan fingerprint density at radius 3 is 2.86 bits per heavy atom. The maximum atomic E-state index is 11.3. The van der Waals surface area contributed by atoms with Crippen LogP contribution in [0.4, 0.5) is 5.69 Å². The highest BCUT2D eigenvalue weighted by Crippen LogP contribution is 2.15. The summed E-state index contributed by atoms with van der Waals surface area (Å²) in [5.41, 5.74) is 5.93. The lowest BCUT2D eigenvalue weighted by atomic mass is 10.3. The molecule has 0 aliphatic carbocycles. The van der Waals surface area contributed by atoms with E-state index in [1.807, 2.05) is 0 Å². The molecule has 0 saturated carbocycles. The van der Waals surface area contributed by atoms with E-state index in [1.54, 1.807) is 19.1 Å². The van der Waals surface area contributed by atoms with E-state index in [1.165, 1.54) is 7.11 Å². The number of nitrogen functional groups attached to an aromatic ring is 1. The first-order chi connectivity index (χ1) is 6.69. The molecular weight excluding hydrogens is 184 g/mol. The fourth-order valence-corrected chi connectivity index (χ4v) is 0.929. The number of nitrogens with two attached hydrogens (primary N) is 1. The summed E-state index contributed by atoms with van der Waals surface area (Å²) < 4.78 is 9.63. The molecule has 5 nitrogen and oxygen atoms in total. The van der Waals surface area contributed by atoms with Gasteiger partial charge in [-0.15, -0.1) is 0 Å². The summed E-state index contributed by atoms with van der Waals surface area (Å²) in [4.78, 5) is 15.2. The van der Waals surface area contributed by atoms with Gasteiger partial charge >= 0.3 is 5.97 Å². The van der Waals surface area contributed by atoms with E-state index in [4.69, 9.17) is 15.2 Å². The van der Waals surface area contributed by atoms with Gasteiger partial charge in [0.15, 0.2) is 5.69 Å². The van der Waals surface area contributed by atoms with Crippen LogP contribution in [0.5, 0.6) is 5.88 Å². The molecule has 14 heavy (non-hydrogen) atoms. The van der Waals surface area contributed by atoms with Gasteiger partial charge in [-0.1, -0.05) is 0 Å². The standard InChI is InChI=1S/C9H12N2O3/c1-3-14-9(12)8-6(10)4-5-7(11-8)13-2/h4-5H,3,10H2,1-2H3. The van der Waals surface area contributed by atoms with E-state index in [0.717, 1.165) is 0 Å². The molecule has 0 aliphatic heterocycles. The minimum atomic E-state index is -0.538. The number of pyridine rings is 1. The number of aromatic nitrogens is 1. The Hall–Kier alpha value is -1.78. The summed E-state index contributed by atoms with van der Waals surface area (Å²) in [5.74, 6) is -0.203. The van der Waals surface area contributed by atoms with Crippen molar-refractivity contribution in [1.29, 1.82) is 0 Å². The van der Waals surface area contributed by atoms with Crippen LogP contribution in [-0.2, 0) is 4.74 Å². The van der Waals surface area contributed by atoms with Crippen LogP contribution in [-0.4, -0.2) is 24.7 Å². The molecule has 0 aromatic carbocycles. The average molecular weight is 196 g/mol. The van der Waals surface area contributed by atoms with Crippen LogP contribution in [0.1, 0.15) is 17.4 Å². The topological polar surface area (TPSA) is 74.4 Å². The number of anilines is 1. The molecule has 0 saturated heterocycles. The molecule has 0 fully saturated rings. The normalized spacial score (nSPS) is 9.57. The maximum Gasteiger partial charge on any atom is 0.359 e. The second-order valence-corrected chi connectivity index (χ2v) is 2.51. The second-order valence-electron chi connectivity index (χ2n) is 2.51. The molecule has 5 heteroatoms. The van der Waals surface area contributed by atoms with Crippen molar-refractivity contribution >= 4 is 11.7 Å². The summed E-state index contributed by atoms with van der Waals surface area (Å²) in [6.45, 7) is 2.01. The highest BCUT2D eigenvalue weighted by atomic mass is 16.5. The summed E-state index contributed by atoms with van der Waals surface area (Å²) in [5, 5.41) is 0. The predicted octanol–water partition coefficient (Wildman–Crippen LogP) is 0.849. The summed E-state index contributed by atoms with van der Waals surface area (Å²) in [7, 11) is 1.47. The summed E-state index contributed by atoms with van der Waals surface area (Å²) >= 11 is 0. The Kier molecular flexibility index (Phi) is 3.28. The third-order valence-corrected chi connectivity index (χ3v) is 1.58. The number of esters is 1. The summed E-state index contributed by atoms with van der Waals surface area (Å²) in [6.07, 6.45) is 0.